The molecule has 1 atom stereocenters. The Labute approximate surface area is 82.5 Å². The first kappa shape index (κ1) is 8.81. The van der Waals surface area contributed by atoms with Gasteiger partial charge in [-0.2, -0.15) is 0 Å². The summed E-state index contributed by atoms with van der Waals surface area (Å²) in [6.07, 6.45) is 0. The summed E-state index contributed by atoms with van der Waals surface area (Å²) in [6.45, 7) is 2.08. The third kappa shape index (κ3) is 1.62. The second-order valence-electron chi connectivity index (χ2n) is 3.29. The predicted octanol–water partition coefficient (Wildman–Crippen LogP) is 2.41. The second-order valence-corrected chi connectivity index (χ2v) is 3.29. The molecule has 3 nitrogen and oxygen atoms in total. The van der Waals surface area contributed by atoms with Crippen molar-refractivity contribution in [3.8, 4) is 0 Å². The van der Waals surface area contributed by atoms with E-state index >= 15 is 0 Å². The molecule has 0 amide bonds. The molecule has 3 heteroatoms. The van der Waals surface area contributed by atoms with Crippen LogP contribution in [0.25, 0.3) is 0 Å². The van der Waals surface area contributed by atoms with Crippen molar-refractivity contribution in [1.29, 1.82) is 0 Å². The van der Waals surface area contributed by atoms with E-state index in [1.54, 1.807) is 6.07 Å². The van der Waals surface area contributed by atoms with Gasteiger partial charge in [0.25, 0.3) is 0 Å². The van der Waals surface area contributed by atoms with Crippen LogP contribution in [0.15, 0.2) is 40.9 Å². The third-order valence-corrected chi connectivity index (χ3v) is 2.29. The average Bonchev–Trinajstić information content (AvgIpc) is 2.65. The Kier molecular flexibility index (Phi) is 2.23. The minimum absolute atomic E-state index is 0.220. The van der Waals surface area contributed by atoms with E-state index in [-0.39, 0.29) is 5.92 Å². The molecule has 1 heterocycles. The Morgan fingerprint density at radius 3 is 2.57 bits per heavy atom. The zero-order chi connectivity index (χ0) is 9.97. The van der Waals surface area contributed by atoms with E-state index in [2.05, 4.69) is 24.2 Å². The SMILES string of the molecule is CC(c1ccccc1)c1cc(N)on1. The molecule has 0 spiro atoms. The van der Waals surface area contributed by atoms with E-state index in [9.17, 15) is 0 Å². The molecule has 2 rings (SSSR count). The second kappa shape index (κ2) is 3.54. The van der Waals surface area contributed by atoms with E-state index in [1.807, 2.05) is 18.2 Å². The van der Waals surface area contributed by atoms with Crippen molar-refractivity contribution >= 4 is 5.88 Å². The maximum absolute atomic E-state index is 5.47. The summed E-state index contributed by atoms with van der Waals surface area (Å²) in [6, 6.07) is 11.9. The fourth-order valence-electron chi connectivity index (χ4n) is 1.42. The number of nitrogen functional groups attached to an aromatic ring is 1. The molecule has 14 heavy (non-hydrogen) atoms. The van der Waals surface area contributed by atoms with Crippen molar-refractivity contribution in [1.82, 2.24) is 5.16 Å². The summed E-state index contributed by atoms with van der Waals surface area (Å²) in [7, 11) is 0. The molecule has 0 saturated carbocycles. The molecule has 1 unspecified atom stereocenters. The first-order valence-electron chi connectivity index (χ1n) is 4.54. The van der Waals surface area contributed by atoms with Gasteiger partial charge in [-0.3, -0.25) is 0 Å². The van der Waals surface area contributed by atoms with Crippen LogP contribution in [0.3, 0.4) is 0 Å². The number of hydrogen-bond donors (Lipinski definition) is 1. The normalized spacial score (nSPS) is 12.6. The molecular weight excluding hydrogens is 176 g/mol. The topological polar surface area (TPSA) is 52.0 Å². The number of benzene rings is 1. The highest BCUT2D eigenvalue weighted by atomic mass is 16.5. The van der Waals surface area contributed by atoms with Crippen LogP contribution in [0.4, 0.5) is 5.88 Å². The van der Waals surface area contributed by atoms with Gasteiger partial charge in [0, 0.05) is 12.0 Å². The lowest BCUT2D eigenvalue weighted by Crippen LogP contribution is -1.95. The number of hydrogen-bond acceptors (Lipinski definition) is 3. The fraction of sp³-hybridized carbons (Fsp3) is 0.182. The number of anilines is 1. The zero-order valence-electron chi connectivity index (χ0n) is 7.97. The Balaban J connectivity index is 2.29. The van der Waals surface area contributed by atoms with Gasteiger partial charge in [-0.05, 0) is 5.56 Å². The summed E-state index contributed by atoms with van der Waals surface area (Å²) in [5.74, 6) is 0.583. The maximum Gasteiger partial charge on any atom is 0.222 e. The monoisotopic (exact) mass is 188 g/mol. The Morgan fingerprint density at radius 1 is 1.29 bits per heavy atom. The van der Waals surface area contributed by atoms with Crippen LogP contribution >= 0.6 is 0 Å². The van der Waals surface area contributed by atoms with Crippen LogP contribution in [0.2, 0.25) is 0 Å². The molecule has 0 radical (unpaired) electrons. The summed E-state index contributed by atoms with van der Waals surface area (Å²) in [5, 5.41) is 3.89. The number of nitrogens with two attached hydrogens (primary N) is 1. The third-order valence-electron chi connectivity index (χ3n) is 2.29. The maximum atomic E-state index is 5.47. The van der Waals surface area contributed by atoms with Gasteiger partial charge in [-0.1, -0.05) is 42.4 Å². The molecule has 1 aromatic heterocycles. The Bertz CT molecular complexity index is 408. The lowest BCUT2D eigenvalue weighted by Gasteiger charge is -2.06. The lowest BCUT2D eigenvalue weighted by molar-refractivity contribution is 0.425. The van der Waals surface area contributed by atoms with Gasteiger partial charge in [0.2, 0.25) is 5.88 Å². The molecule has 2 N–H and O–H groups in total. The molecule has 2 aromatic rings. The molecule has 0 fully saturated rings. The summed E-state index contributed by atoms with van der Waals surface area (Å²) < 4.78 is 4.83. The van der Waals surface area contributed by atoms with Crippen molar-refractivity contribution in [3.63, 3.8) is 0 Å². The molecule has 0 bridgehead atoms. The minimum atomic E-state index is 0.220. The number of rotatable bonds is 2. The first-order chi connectivity index (χ1) is 6.77. The van der Waals surface area contributed by atoms with E-state index in [0.29, 0.717) is 5.88 Å². The van der Waals surface area contributed by atoms with Crippen molar-refractivity contribution < 1.29 is 4.52 Å². The van der Waals surface area contributed by atoms with Gasteiger partial charge in [0.15, 0.2) is 0 Å². The highest BCUT2D eigenvalue weighted by Gasteiger charge is 2.11. The molecule has 1 aromatic carbocycles. The molecular formula is C11H12N2O. The summed E-state index contributed by atoms with van der Waals surface area (Å²) in [4.78, 5) is 0. The summed E-state index contributed by atoms with van der Waals surface area (Å²) >= 11 is 0. The first-order valence-corrected chi connectivity index (χ1v) is 4.54. The zero-order valence-corrected chi connectivity index (χ0v) is 7.97. The molecule has 72 valence electrons. The highest BCUT2D eigenvalue weighted by Crippen LogP contribution is 2.23. The van der Waals surface area contributed by atoms with Crippen molar-refractivity contribution in [2.24, 2.45) is 0 Å². The van der Waals surface area contributed by atoms with Crippen LogP contribution in [-0.2, 0) is 0 Å². The van der Waals surface area contributed by atoms with Gasteiger partial charge in [-0.15, -0.1) is 0 Å². The van der Waals surface area contributed by atoms with Crippen LogP contribution in [0, 0.1) is 0 Å². The highest BCUT2D eigenvalue weighted by molar-refractivity contribution is 5.32. The predicted molar refractivity (Wildman–Crippen MR) is 54.9 cm³/mol. The van der Waals surface area contributed by atoms with Crippen molar-refractivity contribution in [3.05, 3.63) is 47.7 Å². The van der Waals surface area contributed by atoms with Crippen LogP contribution in [-0.4, -0.2) is 5.16 Å². The quantitative estimate of drug-likeness (QED) is 0.787. The van der Waals surface area contributed by atoms with Gasteiger partial charge in [0.1, 0.15) is 0 Å². The van der Waals surface area contributed by atoms with E-state index < -0.39 is 0 Å². The van der Waals surface area contributed by atoms with E-state index in [4.69, 9.17) is 10.3 Å². The van der Waals surface area contributed by atoms with Gasteiger partial charge in [0.05, 0.1) is 5.69 Å². The lowest BCUT2D eigenvalue weighted by atomic mass is 9.98. The molecule has 0 aliphatic heterocycles. The Morgan fingerprint density at radius 2 is 2.00 bits per heavy atom. The van der Waals surface area contributed by atoms with Crippen LogP contribution in [0.5, 0.6) is 0 Å². The van der Waals surface area contributed by atoms with Gasteiger partial charge < -0.3 is 10.3 Å². The largest absolute Gasteiger partial charge is 0.368 e. The Hall–Kier alpha value is -1.77. The van der Waals surface area contributed by atoms with Crippen molar-refractivity contribution in [2.45, 2.75) is 12.8 Å². The minimum Gasteiger partial charge on any atom is -0.368 e. The van der Waals surface area contributed by atoms with Crippen molar-refractivity contribution in [2.75, 3.05) is 5.73 Å². The fourth-order valence-corrected chi connectivity index (χ4v) is 1.42. The standard InChI is InChI=1S/C11H12N2O/c1-8(9-5-3-2-4-6-9)10-7-11(12)14-13-10/h2-8H,12H2,1H3. The number of aromatic nitrogens is 1. The van der Waals surface area contributed by atoms with Crippen LogP contribution in [0.1, 0.15) is 24.1 Å². The smallest absolute Gasteiger partial charge is 0.222 e. The summed E-state index contributed by atoms with van der Waals surface area (Å²) in [5.41, 5.74) is 7.54. The van der Waals surface area contributed by atoms with Gasteiger partial charge >= 0.3 is 0 Å². The molecule has 0 aliphatic carbocycles. The number of nitrogens with zero attached hydrogens (tertiary/aromatic N) is 1. The van der Waals surface area contributed by atoms with Crippen LogP contribution < -0.4 is 5.73 Å². The van der Waals surface area contributed by atoms with E-state index in [0.717, 1.165) is 5.69 Å². The van der Waals surface area contributed by atoms with Gasteiger partial charge in [-0.25, -0.2) is 0 Å². The molecule has 0 aliphatic rings. The molecule has 0 saturated heterocycles. The average molecular weight is 188 g/mol. The van der Waals surface area contributed by atoms with E-state index in [1.165, 1.54) is 5.56 Å².